The van der Waals surface area contributed by atoms with Gasteiger partial charge >= 0.3 is 6.18 Å². The summed E-state index contributed by atoms with van der Waals surface area (Å²) in [6.07, 6.45) is -5.89. The van der Waals surface area contributed by atoms with Crippen LogP contribution in [0.3, 0.4) is 0 Å². The average molecular weight is 238 g/mol. The minimum Gasteiger partial charge on any atom is -0.493 e. The van der Waals surface area contributed by atoms with Crippen LogP contribution in [0.2, 0.25) is 0 Å². The van der Waals surface area contributed by atoms with Crippen molar-refractivity contribution in [1.29, 1.82) is 0 Å². The van der Waals surface area contributed by atoms with Crippen molar-refractivity contribution in [3.05, 3.63) is 29.1 Å². The van der Waals surface area contributed by atoms with Gasteiger partial charge in [-0.1, -0.05) is 6.07 Å². The zero-order valence-electron chi connectivity index (χ0n) is 8.60. The lowest BCUT2D eigenvalue weighted by molar-refractivity contribution is -0.139. The zero-order valence-corrected chi connectivity index (χ0v) is 8.60. The molecule has 0 saturated carbocycles. The molecule has 0 aromatic heterocycles. The Morgan fingerprint density at radius 3 is 2.25 bits per heavy atom. The van der Waals surface area contributed by atoms with Crippen LogP contribution in [0, 0.1) is 5.82 Å². The monoisotopic (exact) mass is 238 g/mol. The predicted molar refractivity (Wildman–Crippen MR) is 48.6 cm³/mol. The summed E-state index contributed by atoms with van der Waals surface area (Å²) in [7, 11) is 0.944. The molecule has 0 spiro atoms. The molecule has 1 unspecified atom stereocenters. The Kier molecular flexibility index (Phi) is 3.42. The van der Waals surface area contributed by atoms with Crippen molar-refractivity contribution in [2.75, 3.05) is 7.11 Å². The highest BCUT2D eigenvalue weighted by Crippen LogP contribution is 2.39. The maximum atomic E-state index is 13.5. The number of rotatable bonds is 2. The summed E-state index contributed by atoms with van der Waals surface area (Å²) in [6, 6.07) is 1.58. The quantitative estimate of drug-likeness (QED) is 0.803. The lowest BCUT2D eigenvalue weighted by atomic mass is 10.1. The summed E-state index contributed by atoms with van der Waals surface area (Å²) in [5.74, 6) is -2.08. The van der Waals surface area contributed by atoms with E-state index < -0.39 is 29.4 Å². The maximum Gasteiger partial charge on any atom is 0.420 e. The van der Waals surface area contributed by atoms with E-state index in [1.165, 1.54) is 6.92 Å². The first-order valence-corrected chi connectivity index (χ1v) is 4.40. The minimum absolute atomic E-state index is 0.232. The van der Waals surface area contributed by atoms with Gasteiger partial charge in [-0.25, -0.2) is 4.39 Å². The van der Waals surface area contributed by atoms with Crippen LogP contribution in [0.5, 0.6) is 5.75 Å². The van der Waals surface area contributed by atoms with Gasteiger partial charge in [-0.15, -0.1) is 0 Å². The van der Waals surface area contributed by atoms with Gasteiger partial charge < -0.3 is 9.84 Å². The molecule has 0 heterocycles. The highest BCUT2D eigenvalue weighted by Gasteiger charge is 2.36. The Labute approximate surface area is 89.5 Å². The smallest absolute Gasteiger partial charge is 0.420 e. The van der Waals surface area contributed by atoms with Crippen molar-refractivity contribution in [2.45, 2.75) is 19.2 Å². The van der Waals surface area contributed by atoms with E-state index in [4.69, 9.17) is 5.11 Å². The van der Waals surface area contributed by atoms with E-state index in [1.807, 2.05) is 0 Å². The Morgan fingerprint density at radius 1 is 1.31 bits per heavy atom. The molecular formula is C10H10F4O2. The molecule has 0 aliphatic rings. The van der Waals surface area contributed by atoms with Crippen LogP contribution in [-0.4, -0.2) is 12.2 Å². The second kappa shape index (κ2) is 4.29. The first-order valence-electron chi connectivity index (χ1n) is 4.40. The molecule has 16 heavy (non-hydrogen) atoms. The van der Waals surface area contributed by atoms with Crippen molar-refractivity contribution >= 4 is 0 Å². The molecular weight excluding hydrogens is 228 g/mol. The predicted octanol–water partition coefficient (Wildman–Crippen LogP) is 2.91. The summed E-state index contributed by atoms with van der Waals surface area (Å²) >= 11 is 0. The van der Waals surface area contributed by atoms with Gasteiger partial charge in [0.2, 0.25) is 0 Å². The molecule has 0 aliphatic carbocycles. The molecule has 0 radical (unpaired) electrons. The number of aliphatic hydroxyl groups is 1. The first kappa shape index (κ1) is 12.8. The molecule has 1 atom stereocenters. The Morgan fingerprint density at radius 2 is 1.88 bits per heavy atom. The van der Waals surface area contributed by atoms with E-state index in [0.717, 1.165) is 13.2 Å². The molecule has 0 fully saturated rings. The fourth-order valence-corrected chi connectivity index (χ4v) is 1.32. The number of halogens is 4. The highest BCUT2D eigenvalue weighted by atomic mass is 19.4. The van der Waals surface area contributed by atoms with Crippen LogP contribution in [-0.2, 0) is 6.18 Å². The summed E-state index contributed by atoms with van der Waals surface area (Å²) in [6.45, 7) is 1.26. The van der Waals surface area contributed by atoms with Gasteiger partial charge in [0.1, 0.15) is 5.56 Å². The number of benzene rings is 1. The van der Waals surface area contributed by atoms with Crippen molar-refractivity contribution in [3.63, 3.8) is 0 Å². The second-order valence-electron chi connectivity index (χ2n) is 3.22. The zero-order chi connectivity index (χ0) is 12.5. The number of hydrogen-bond donors (Lipinski definition) is 1. The van der Waals surface area contributed by atoms with Crippen LogP contribution >= 0.6 is 0 Å². The Bertz CT molecular complexity index is 385. The second-order valence-corrected chi connectivity index (χ2v) is 3.22. The lowest BCUT2D eigenvalue weighted by Crippen LogP contribution is -2.10. The molecule has 1 N–H and O–H groups in total. The standard InChI is InChI=1S/C10H10F4O2/c1-5(15)6-3-4-7(10(12,13)14)9(16-2)8(6)11/h3-5,15H,1-2H3. The summed E-state index contributed by atoms with van der Waals surface area (Å²) in [4.78, 5) is 0. The molecule has 1 aromatic carbocycles. The fraction of sp³-hybridized carbons (Fsp3) is 0.400. The van der Waals surface area contributed by atoms with Crippen molar-refractivity contribution in [1.82, 2.24) is 0 Å². The third-order valence-corrected chi connectivity index (χ3v) is 2.09. The first-order chi connectivity index (χ1) is 7.29. The topological polar surface area (TPSA) is 29.5 Å². The van der Waals surface area contributed by atoms with E-state index in [0.29, 0.717) is 6.07 Å². The number of ether oxygens (including phenoxy) is 1. The molecule has 0 aliphatic heterocycles. The van der Waals surface area contributed by atoms with Crippen molar-refractivity contribution in [3.8, 4) is 5.75 Å². The largest absolute Gasteiger partial charge is 0.493 e. The molecule has 0 saturated heterocycles. The van der Waals surface area contributed by atoms with Gasteiger partial charge in [0.15, 0.2) is 11.6 Å². The molecule has 90 valence electrons. The average Bonchev–Trinajstić information content (AvgIpc) is 2.15. The minimum atomic E-state index is -4.69. The fourth-order valence-electron chi connectivity index (χ4n) is 1.32. The molecule has 2 nitrogen and oxygen atoms in total. The number of aliphatic hydroxyl groups excluding tert-OH is 1. The molecule has 0 amide bonds. The van der Waals surface area contributed by atoms with Crippen molar-refractivity contribution < 1.29 is 27.4 Å². The van der Waals surface area contributed by atoms with Gasteiger partial charge in [-0.2, -0.15) is 13.2 Å². The van der Waals surface area contributed by atoms with Crippen LogP contribution in [0.15, 0.2) is 12.1 Å². The van der Waals surface area contributed by atoms with Crippen LogP contribution in [0.25, 0.3) is 0 Å². The van der Waals surface area contributed by atoms with Crippen molar-refractivity contribution in [2.24, 2.45) is 0 Å². The SMILES string of the molecule is COc1c(C(F)(F)F)ccc(C(C)O)c1F. The maximum absolute atomic E-state index is 13.5. The number of methoxy groups -OCH3 is 1. The van der Waals surface area contributed by atoms with Crippen LogP contribution in [0.4, 0.5) is 17.6 Å². The van der Waals surface area contributed by atoms with E-state index >= 15 is 0 Å². The van der Waals surface area contributed by atoms with E-state index in [-0.39, 0.29) is 5.56 Å². The third kappa shape index (κ3) is 2.27. The summed E-state index contributed by atoms with van der Waals surface area (Å²) in [5.41, 5.74) is -1.43. The lowest BCUT2D eigenvalue weighted by Gasteiger charge is -2.15. The van der Waals surface area contributed by atoms with E-state index in [9.17, 15) is 17.6 Å². The summed E-state index contributed by atoms with van der Waals surface area (Å²) in [5, 5.41) is 9.14. The summed E-state index contributed by atoms with van der Waals surface area (Å²) < 4.78 is 55.2. The van der Waals surface area contributed by atoms with Gasteiger partial charge in [0.25, 0.3) is 0 Å². The van der Waals surface area contributed by atoms with Gasteiger partial charge in [-0.05, 0) is 13.0 Å². The third-order valence-electron chi connectivity index (χ3n) is 2.09. The Hall–Kier alpha value is -1.30. The van der Waals surface area contributed by atoms with Gasteiger partial charge in [0.05, 0.1) is 13.2 Å². The molecule has 1 aromatic rings. The number of alkyl halides is 3. The molecule has 6 heteroatoms. The van der Waals surface area contributed by atoms with Crippen LogP contribution < -0.4 is 4.74 Å². The van der Waals surface area contributed by atoms with E-state index in [1.54, 1.807) is 0 Å². The Balaban J connectivity index is 3.41. The van der Waals surface area contributed by atoms with E-state index in [2.05, 4.69) is 4.74 Å². The van der Waals surface area contributed by atoms with Gasteiger partial charge in [-0.3, -0.25) is 0 Å². The molecule has 1 rings (SSSR count). The van der Waals surface area contributed by atoms with Gasteiger partial charge in [0, 0.05) is 5.56 Å². The normalized spacial score (nSPS) is 13.7. The molecule has 0 bridgehead atoms. The number of hydrogen-bond acceptors (Lipinski definition) is 2. The highest BCUT2D eigenvalue weighted by molar-refractivity contribution is 5.41. The van der Waals surface area contributed by atoms with Crippen LogP contribution in [0.1, 0.15) is 24.2 Å².